The average Bonchev–Trinajstić information content (AvgIpc) is 2.54. The van der Waals surface area contributed by atoms with Gasteiger partial charge in [0.05, 0.1) is 17.0 Å². The minimum Gasteiger partial charge on any atom is -0.507 e. The second kappa shape index (κ2) is 4.95. The monoisotopic (exact) mass is 299 g/mol. The number of ketones is 1. The van der Waals surface area contributed by atoms with Gasteiger partial charge < -0.3 is 9.52 Å². The van der Waals surface area contributed by atoms with E-state index in [2.05, 4.69) is 4.90 Å². The molecule has 22 heavy (non-hydrogen) atoms. The van der Waals surface area contributed by atoms with E-state index in [0.717, 1.165) is 25.9 Å². The Morgan fingerprint density at radius 2 is 1.91 bits per heavy atom. The molecule has 0 amide bonds. The van der Waals surface area contributed by atoms with Gasteiger partial charge in [-0.15, -0.1) is 0 Å². The summed E-state index contributed by atoms with van der Waals surface area (Å²) in [5, 5.41) is 10.9. The summed E-state index contributed by atoms with van der Waals surface area (Å²) < 4.78 is 5.29. The first-order chi connectivity index (χ1) is 10.6. The third-order valence-electron chi connectivity index (χ3n) is 4.98. The van der Waals surface area contributed by atoms with E-state index >= 15 is 0 Å². The lowest BCUT2D eigenvalue weighted by molar-refractivity contribution is -0.136. The first-order valence-corrected chi connectivity index (χ1v) is 7.66. The van der Waals surface area contributed by atoms with Crippen molar-refractivity contribution in [2.75, 3.05) is 13.1 Å². The summed E-state index contributed by atoms with van der Waals surface area (Å²) in [6.07, 6.45) is 2.05. The van der Waals surface area contributed by atoms with Crippen LogP contribution in [-0.4, -0.2) is 34.9 Å². The van der Waals surface area contributed by atoms with Crippen molar-refractivity contribution in [3.8, 4) is 5.75 Å². The van der Waals surface area contributed by atoms with Crippen LogP contribution in [0.15, 0.2) is 33.5 Å². The number of nitrogens with zero attached hydrogens (tertiary/aromatic N) is 1. The van der Waals surface area contributed by atoms with Gasteiger partial charge in [0.1, 0.15) is 11.3 Å². The van der Waals surface area contributed by atoms with Crippen LogP contribution in [0.2, 0.25) is 0 Å². The van der Waals surface area contributed by atoms with Gasteiger partial charge in [-0.05, 0) is 38.1 Å². The maximum Gasteiger partial charge on any atom is 0.343 e. The van der Waals surface area contributed by atoms with Crippen molar-refractivity contribution >= 4 is 16.8 Å². The quantitative estimate of drug-likeness (QED) is 0.855. The van der Waals surface area contributed by atoms with Gasteiger partial charge in [0.2, 0.25) is 0 Å². The van der Waals surface area contributed by atoms with E-state index in [9.17, 15) is 14.7 Å². The fraction of sp³-hybridized carbons (Fsp3) is 0.412. The van der Waals surface area contributed by atoms with Crippen molar-refractivity contribution in [3.63, 3.8) is 0 Å². The maximum atomic E-state index is 12.4. The van der Waals surface area contributed by atoms with E-state index in [4.69, 9.17) is 4.42 Å². The molecule has 1 N–H and O–H groups in total. The molecule has 2 bridgehead atoms. The number of carbonyl (C=O) groups is 1. The van der Waals surface area contributed by atoms with Crippen molar-refractivity contribution in [2.24, 2.45) is 5.92 Å². The summed E-state index contributed by atoms with van der Waals surface area (Å²) in [4.78, 5) is 26.7. The fourth-order valence-corrected chi connectivity index (χ4v) is 3.72. The predicted molar refractivity (Wildman–Crippen MR) is 80.9 cm³/mol. The van der Waals surface area contributed by atoms with Gasteiger partial charge in [0.15, 0.2) is 5.78 Å². The fourth-order valence-electron chi connectivity index (χ4n) is 3.72. The Labute approximate surface area is 127 Å². The highest BCUT2D eigenvalue weighted by molar-refractivity contribution is 5.89. The van der Waals surface area contributed by atoms with Gasteiger partial charge in [-0.3, -0.25) is 9.69 Å². The number of benzene rings is 1. The van der Waals surface area contributed by atoms with Crippen molar-refractivity contribution in [3.05, 3.63) is 40.2 Å². The van der Waals surface area contributed by atoms with Crippen LogP contribution in [0.5, 0.6) is 5.75 Å². The van der Waals surface area contributed by atoms with E-state index < -0.39 is 5.63 Å². The van der Waals surface area contributed by atoms with Crippen LogP contribution >= 0.6 is 0 Å². The van der Waals surface area contributed by atoms with E-state index in [1.807, 2.05) is 0 Å². The van der Waals surface area contributed by atoms with Gasteiger partial charge in [-0.25, -0.2) is 4.79 Å². The molecule has 0 aliphatic carbocycles. The minimum atomic E-state index is -0.549. The standard InChI is InChI=1S/C17H17NO4/c19-15-10-5-7-18(8-6-10)13(15)9-12-16(20)11-3-1-2-4-14(11)22-17(12)21/h1-4,10,13,20H,5-9H2. The van der Waals surface area contributed by atoms with Crippen molar-refractivity contribution in [2.45, 2.75) is 25.3 Å². The highest BCUT2D eigenvalue weighted by atomic mass is 16.4. The SMILES string of the molecule is O=C1C2CCN(CC2)C1Cc1c(O)c2ccccc2oc1=O. The molecule has 5 nitrogen and oxygen atoms in total. The highest BCUT2D eigenvalue weighted by Crippen LogP contribution is 2.33. The number of hydrogen-bond donors (Lipinski definition) is 1. The molecule has 3 fully saturated rings. The summed E-state index contributed by atoms with van der Waals surface area (Å²) in [6.45, 7) is 1.78. The number of piperidine rings is 3. The second-order valence-corrected chi connectivity index (χ2v) is 6.15. The van der Waals surface area contributed by atoms with Crippen LogP contribution in [0.25, 0.3) is 11.0 Å². The number of Topliss-reactive ketones (excluding diaryl/α,β-unsaturated/α-hetero) is 1. The highest BCUT2D eigenvalue weighted by Gasteiger charge is 2.41. The first kappa shape index (κ1) is 13.5. The molecule has 0 saturated carbocycles. The van der Waals surface area contributed by atoms with Gasteiger partial charge in [0.25, 0.3) is 0 Å². The summed E-state index contributed by atoms with van der Waals surface area (Å²) >= 11 is 0. The molecular formula is C17H17NO4. The van der Waals surface area contributed by atoms with Gasteiger partial charge in [0, 0.05) is 12.3 Å². The van der Waals surface area contributed by atoms with Crippen LogP contribution in [0.3, 0.4) is 0 Å². The number of hydrogen-bond acceptors (Lipinski definition) is 5. The van der Waals surface area contributed by atoms with Gasteiger partial charge >= 0.3 is 5.63 Å². The lowest BCUT2D eigenvalue weighted by Crippen LogP contribution is -2.56. The van der Waals surface area contributed by atoms with Crippen LogP contribution in [0.1, 0.15) is 18.4 Å². The first-order valence-electron chi connectivity index (χ1n) is 7.66. The average molecular weight is 299 g/mol. The van der Waals surface area contributed by atoms with E-state index in [1.165, 1.54) is 0 Å². The second-order valence-electron chi connectivity index (χ2n) is 6.15. The molecule has 1 aromatic carbocycles. The molecule has 1 unspecified atom stereocenters. The number of rotatable bonds is 2. The Morgan fingerprint density at radius 1 is 1.18 bits per heavy atom. The van der Waals surface area contributed by atoms with Crippen LogP contribution < -0.4 is 5.63 Å². The summed E-state index contributed by atoms with van der Waals surface area (Å²) in [7, 11) is 0. The molecule has 0 radical (unpaired) electrons. The Hall–Kier alpha value is -2.14. The van der Waals surface area contributed by atoms with Crippen molar-refractivity contribution in [1.82, 2.24) is 4.90 Å². The zero-order valence-corrected chi connectivity index (χ0v) is 12.1. The van der Waals surface area contributed by atoms with Gasteiger partial charge in [-0.2, -0.15) is 0 Å². The van der Waals surface area contributed by atoms with Gasteiger partial charge in [-0.1, -0.05) is 12.1 Å². The topological polar surface area (TPSA) is 70.8 Å². The smallest absolute Gasteiger partial charge is 0.343 e. The normalized spacial score (nSPS) is 27.5. The van der Waals surface area contributed by atoms with Crippen LogP contribution in [0.4, 0.5) is 0 Å². The molecule has 5 rings (SSSR count). The molecular weight excluding hydrogens is 282 g/mol. The molecule has 3 aliphatic rings. The summed E-state index contributed by atoms with van der Waals surface area (Å²) in [5.41, 5.74) is 0.0294. The molecule has 3 aliphatic heterocycles. The molecule has 114 valence electrons. The van der Waals surface area contributed by atoms with E-state index in [0.29, 0.717) is 11.0 Å². The molecule has 1 aromatic heterocycles. The molecule has 5 heteroatoms. The third-order valence-corrected chi connectivity index (χ3v) is 4.98. The Morgan fingerprint density at radius 3 is 2.64 bits per heavy atom. The maximum absolute atomic E-state index is 12.4. The molecule has 0 spiro atoms. The van der Waals surface area contributed by atoms with E-state index in [1.54, 1.807) is 24.3 Å². The summed E-state index contributed by atoms with van der Waals surface area (Å²) in [6, 6.07) is 6.59. The molecule has 2 aromatic rings. The lowest BCUT2D eigenvalue weighted by atomic mass is 9.80. The Bertz CT molecular complexity index is 802. The largest absolute Gasteiger partial charge is 0.507 e. The number of fused-ring (bicyclic) bond motifs is 4. The lowest BCUT2D eigenvalue weighted by Gasteiger charge is -2.44. The van der Waals surface area contributed by atoms with Crippen molar-refractivity contribution < 1.29 is 14.3 Å². The molecule has 1 atom stereocenters. The van der Waals surface area contributed by atoms with E-state index in [-0.39, 0.29) is 35.5 Å². The van der Waals surface area contributed by atoms with Crippen LogP contribution in [0, 0.1) is 5.92 Å². The Balaban J connectivity index is 1.76. The molecule has 3 saturated heterocycles. The summed E-state index contributed by atoms with van der Waals surface area (Å²) in [5.74, 6) is 0.261. The number of carbonyl (C=O) groups excluding carboxylic acids is 1. The Kier molecular flexibility index (Phi) is 3.04. The zero-order chi connectivity index (χ0) is 15.3. The zero-order valence-electron chi connectivity index (χ0n) is 12.1. The number of aromatic hydroxyl groups is 1. The van der Waals surface area contributed by atoms with Crippen LogP contribution in [-0.2, 0) is 11.2 Å². The number of para-hydroxylation sites is 1. The predicted octanol–water partition coefficient (Wildman–Crippen LogP) is 1.70. The molecule has 4 heterocycles. The minimum absolute atomic E-state index is 0.0534. The van der Waals surface area contributed by atoms with Crippen molar-refractivity contribution in [1.29, 1.82) is 0 Å². The third kappa shape index (κ3) is 1.96.